The van der Waals surface area contributed by atoms with Gasteiger partial charge in [0.05, 0.1) is 12.3 Å². The summed E-state index contributed by atoms with van der Waals surface area (Å²) in [6.45, 7) is 1.24. The minimum absolute atomic E-state index is 0.0293. The summed E-state index contributed by atoms with van der Waals surface area (Å²) in [4.78, 5) is 25.4. The molecule has 2 aliphatic rings. The number of rotatable bonds is 4. The summed E-state index contributed by atoms with van der Waals surface area (Å²) in [5.41, 5.74) is 0. The molecule has 1 saturated carbocycles. The van der Waals surface area contributed by atoms with Crippen LogP contribution in [0.25, 0.3) is 0 Å². The van der Waals surface area contributed by atoms with E-state index >= 15 is 0 Å². The fourth-order valence-electron chi connectivity index (χ4n) is 2.36. The number of amides is 2. The van der Waals surface area contributed by atoms with E-state index in [-0.39, 0.29) is 30.4 Å². The molecule has 1 aliphatic heterocycles. The van der Waals surface area contributed by atoms with Gasteiger partial charge in [-0.3, -0.25) is 9.59 Å². The average Bonchev–Trinajstić information content (AvgIpc) is 3.23. The maximum absolute atomic E-state index is 12.1. The Kier molecular flexibility index (Phi) is 3.87. The van der Waals surface area contributed by atoms with Crippen molar-refractivity contribution in [2.75, 3.05) is 18.4 Å². The van der Waals surface area contributed by atoms with E-state index in [0.717, 1.165) is 12.8 Å². The highest BCUT2D eigenvalue weighted by Crippen LogP contribution is 2.29. The van der Waals surface area contributed by atoms with E-state index in [2.05, 4.69) is 15.6 Å². The van der Waals surface area contributed by atoms with Gasteiger partial charge in [0, 0.05) is 19.0 Å². The number of likely N-dealkylation sites (tertiary alicyclic amines) is 1. The largest absolute Gasteiger partial charge is 0.393 e. The van der Waals surface area contributed by atoms with Crippen LogP contribution in [0.4, 0.5) is 5.82 Å². The Balaban J connectivity index is 1.51. The van der Waals surface area contributed by atoms with Gasteiger partial charge >= 0.3 is 0 Å². The Hall–Kier alpha value is -1.96. The zero-order valence-corrected chi connectivity index (χ0v) is 11.7. The van der Waals surface area contributed by atoms with Crippen molar-refractivity contribution in [2.24, 2.45) is 5.92 Å². The number of carbonyl (C=O) groups excluding carboxylic acids is 2. The highest BCUT2D eigenvalue weighted by Gasteiger charge is 2.30. The molecule has 21 heavy (non-hydrogen) atoms. The molecule has 0 radical (unpaired) electrons. The van der Waals surface area contributed by atoms with Crippen LogP contribution < -0.4 is 5.32 Å². The number of hydrogen-bond acceptors (Lipinski definition) is 5. The quantitative estimate of drug-likeness (QED) is 0.787. The number of aliphatic hydroxyl groups is 1. The molecule has 1 aromatic rings. The van der Waals surface area contributed by atoms with Crippen molar-refractivity contribution in [3.63, 3.8) is 0 Å². The number of hydrogen-bond donors (Lipinski definition) is 2. The zero-order valence-electron chi connectivity index (χ0n) is 11.7. The number of anilines is 1. The average molecular weight is 293 g/mol. The van der Waals surface area contributed by atoms with Crippen molar-refractivity contribution < 1.29 is 14.7 Å². The fraction of sp³-hybridized carbons (Fsp3) is 0.692. The van der Waals surface area contributed by atoms with E-state index in [4.69, 9.17) is 0 Å². The van der Waals surface area contributed by atoms with Gasteiger partial charge in [-0.05, 0) is 25.7 Å². The van der Waals surface area contributed by atoms with Crippen molar-refractivity contribution >= 4 is 17.6 Å². The van der Waals surface area contributed by atoms with Crippen molar-refractivity contribution in [1.82, 2.24) is 19.9 Å². The Morgan fingerprint density at radius 1 is 1.29 bits per heavy atom. The number of carbonyl (C=O) groups is 2. The molecule has 2 heterocycles. The lowest BCUT2D eigenvalue weighted by molar-refractivity contribution is -0.134. The first-order valence-electron chi connectivity index (χ1n) is 7.28. The van der Waals surface area contributed by atoms with Gasteiger partial charge in [-0.15, -0.1) is 5.10 Å². The Morgan fingerprint density at radius 3 is 2.67 bits per heavy atom. The number of piperidine rings is 1. The zero-order chi connectivity index (χ0) is 14.8. The summed E-state index contributed by atoms with van der Waals surface area (Å²) in [7, 11) is 0. The third kappa shape index (κ3) is 3.57. The summed E-state index contributed by atoms with van der Waals surface area (Å²) in [5, 5.41) is 19.8. The minimum Gasteiger partial charge on any atom is -0.393 e. The molecule has 0 bridgehead atoms. The second-order valence-electron chi connectivity index (χ2n) is 5.68. The van der Waals surface area contributed by atoms with Crippen LogP contribution in [-0.4, -0.2) is 56.0 Å². The SMILES string of the molecule is O=C(Nc1cn(CC(=O)N2CCC(O)CC2)nn1)C1CC1. The molecule has 0 unspecified atom stereocenters. The molecule has 2 amide bonds. The van der Waals surface area contributed by atoms with E-state index in [0.29, 0.717) is 31.7 Å². The van der Waals surface area contributed by atoms with Gasteiger partial charge in [0.25, 0.3) is 0 Å². The Labute approximate surface area is 122 Å². The third-order valence-electron chi connectivity index (χ3n) is 3.85. The monoisotopic (exact) mass is 293 g/mol. The van der Waals surface area contributed by atoms with E-state index in [9.17, 15) is 14.7 Å². The first kappa shape index (κ1) is 14.0. The van der Waals surface area contributed by atoms with Gasteiger partial charge in [0.15, 0.2) is 5.82 Å². The molecule has 0 spiro atoms. The second kappa shape index (κ2) is 5.80. The molecule has 1 aliphatic carbocycles. The summed E-state index contributed by atoms with van der Waals surface area (Å²) < 4.78 is 1.43. The standard InChI is InChI=1S/C13H19N5O3/c19-10-3-5-17(6-4-10)12(20)8-18-7-11(15-16-18)14-13(21)9-1-2-9/h7,9-10,19H,1-6,8H2,(H,14,21). The molecule has 0 aromatic carbocycles. The van der Waals surface area contributed by atoms with Crippen LogP contribution in [0.5, 0.6) is 0 Å². The first-order chi connectivity index (χ1) is 10.1. The maximum atomic E-state index is 12.1. The molecule has 3 rings (SSSR count). The van der Waals surface area contributed by atoms with Crippen LogP contribution in [0.2, 0.25) is 0 Å². The predicted molar refractivity (Wildman–Crippen MR) is 73.2 cm³/mol. The second-order valence-corrected chi connectivity index (χ2v) is 5.68. The third-order valence-corrected chi connectivity index (χ3v) is 3.85. The molecular formula is C13H19N5O3. The predicted octanol–water partition coefficient (Wildman–Crippen LogP) is -0.390. The van der Waals surface area contributed by atoms with Gasteiger partial charge in [0.1, 0.15) is 6.54 Å². The topological polar surface area (TPSA) is 100 Å². The van der Waals surface area contributed by atoms with Crippen molar-refractivity contribution in [1.29, 1.82) is 0 Å². The molecule has 0 atom stereocenters. The lowest BCUT2D eigenvalue weighted by atomic mass is 10.1. The molecule has 2 fully saturated rings. The van der Waals surface area contributed by atoms with Gasteiger partial charge in [-0.25, -0.2) is 4.68 Å². The minimum atomic E-state index is -0.301. The molecule has 114 valence electrons. The summed E-state index contributed by atoms with van der Waals surface area (Å²) in [5.74, 6) is 0.413. The Morgan fingerprint density at radius 2 is 2.00 bits per heavy atom. The highest BCUT2D eigenvalue weighted by molar-refractivity contribution is 5.93. The van der Waals surface area contributed by atoms with Crippen LogP contribution in [0.3, 0.4) is 0 Å². The van der Waals surface area contributed by atoms with Crippen molar-refractivity contribution in [2.45, 2.75) is 38.3 Å². The highest BCUT2D eigenvalue weighted by atomic mass is 16.3. The fourth-order valence-corrected chi connectivity index (χ4v) is 2.36. The molecule has 1 saturated heterocycles. The van der Waals surface area contributed by atoms with Gasteiger partial charge in [-0.2, -0.15) is 0 Å². The molecule has 1 aromatic heterocycles. The van der Waals surface area contributed by atoms with Crippen LogP contribution in [0.15, 0.2) is 6.20 Å². The van der Waals surface area contributed by atoms with Crippen molar-refractivity contribution in [3.8, 4) is 0 Å². The van der Waals surface area contributed by atoms with Crippen LogP contribution in [0, 0.1) is 5.92 Å². The summed E-state index contributed by atoms with van der Waals surface area (Å²) in [6.07, 6.45) is 4.36. The number of nitrogens with one attached hydrogen (secondary N) is 1. The lowest BCUT2D eigenvalue weighted by Crippen LogP contribution is -2.41. The van der Waals surface area contributed by atoms with E-state index in [1.165, 1.54) is 4.68 Å². The number of aliphatic hydroxyl groups excluding tert-OH is 1. The summed E-state index contributed by atoms with van der Waals surface area (Å²) in [6, 6.07) is 0. The van der Waals surface area contributed by atoms with Crippen LogP contribution in [-0.2, 0) is 16.1 Å². The first-order valence-corrected chi connectivity index (χ1v) is 7.28. The summed E-state index contributed by atoms with van der Waals surface area (Å²) >= 11 is 0. The van der Waals surface area contributed by atoms with E-state index in [1.54, 1.807) is 11.1 Å². The van der Waals surface area contributed by atoms with Gasteiger partial charge in [0.2, 0.25) is 11.8 Å². The van der Waals surface area contributed by atoms with Gasteiger partial charge in [-0.1, -0.05) is 5.21 Å². The van der Waals surface area contributed by atoms with Gasteiger partial charge < -0.3 is 15.3 Å². The van der Waals surface area contributed by atoms with E-state index < -0.39 is 0 Å². The molecular weight excluding hydrogens is 274 g/mol. The van der Waals surface area contributed by atoms with Crippen molar-refractivity contribution in [3.05, 3.63) is 6.20 Å². The molecule has 2 N–H and O–H groups in total. The normalized spacial score (nSPS) is 19.6. The smallest absolute Gasteiger partial charge is 0.244 e. The Bertz CT molecular complexity index is 532. The number of aromatic nitrogens is 3. The van der Waals surface area contributed by atoms with Crippen LogP contribution in [0.1, 0.15) is 25.7 Å². The van der Waals surface area contributed by atoms with E-state index in [1.807, 2.05) is 0 Å². The number of nitrogens with zero attached hydrogens (tertiary/aromatic N) is 4. The lowest BCUT2D eigenvalue weighted by Gasteiger charge is -2.29. The molecule has 8 nitrogen and oxygen atoms in total. The maximum Gasteiger partial charge on any atom is 0.244 e. The molecule has 8 heteroatoms. The van der Waals surface area contributed by atoms with Crippen LogP contribution >= 0.6 is 0 Å².